The second kappa shape index (κ2) is 8.49. The van der Waals surface area contributed by atoms with Crippen molar-refractivity contribution in [2.45, 2.75) is 64.8 Å². The van der Waals surface area contributed by atoms with Gasteiger partial charge in [-0.1, -0.05) is 13.3 Å². The Morgan fingerprint density at radius 2 is 2.08 bits per heavy atom. The summed E-state index contributed by atoms with van der Waals surface area (Å²) in [7, 11) is 0. The van der Waals surface area contributed by atoms with Gasteiger partial charge >= 0.3 is 5.97 Å². The number of amides is 2. The maximum absolute atomic E-state index is 12.8. The lowest BCUT2D eigenvalue weighted by Crippen LogP contribution is -2.44. The largest absolute Gasteiger partial charge is 0.481 e. The van der Waals surface area contributed by atoms with Crippen LogP contribution < -0.4 is 0 Å². The third-order valence-corrected chi connectivity index (χ3v) is 5.34. The third kappa shape index (κ3) is 4.71. The second-order valence-corrected chi connectivity index (χ2v) is 7.31. The zero-order chi connectivity index (χ0) is 17.7. The maximum Gasteiger partial charge on any atom is 0.303 e. The molecule has 0 aromatic carbocycles. The van der Waals surface area contributed by atoms with Crippen molar-refractivity contribution in [3.05, 3.63) is 0 Å². The lowest BCUT2D eigenvalue weighted by atomic mass is 9.92. The van der Waals surface area contributed by atoms with Crippen molar-refractivity contribution in [3.8, 4) is 0 Å². The van der Waals surface area contributed by atoms with Gasteiger partial charge in [0, 0.05) is 38.5 Å². The van der Waals surface area contributed by atoms with E-state index in [9.17, 15) is 14.4 Å². The highest BCUT2D eigenvalue weighted by molar-refractivity contribution is 5.89. The average Bonchev–Trinajstić information content (AvgIpc) is 2.94. The Bertz CT molecular complexity index is 480. The maximum atomic E-state index is 12.8. The van der Waals surface area contributed by atoms with Crippen molar-refractivity contribution in [1.82, 2.24) is 9.80 Å². The fraction of sp³-hybridized carbons (Fsp3) is 0.833. The summed E-state index contributed by atoms with van der Waals surface area (Å²) in [6.45, 7) is 6.07. The second-order valence-electron chi connectivity index (χ2n) is 7.31. The molecule has 2 fully saturated rings. The van der Waals surface area contributed by atoms with Gasteiger partial charge in [-0.2, -0.15) is 0 Å². The molecule has 0 spiro atoms. The number of carbonyl (C=O) groups is 3. The Morgan fingerprint density at radius 1 is 1.33 bits per heavy atom. The smallest absolute Gasteiger partial charge is 0.303 e. The van der Waals surface area contributed by atoms with E-state index in [0.717, 1.165) is 32.2 Å². The fourth-order valence-electron chi connectivity index (χ4n) is 3.98. The Kier molecular flexibility index (Phi) is 6.63. The van der Waals surface area contributed by atoms with Gasteiger partial charge in [0.05, 0.1) is 5.92 Å². The van der Waals surface area contributed by atoms with Crippen LogP contribution in [0.1, 0.15) is 58.8 Å². The topological polar surface area (TPSA) is 77.9 Å². The van der Waals surface area contributed by atoms with Crippen LogP contribution in [-0.4, -0.2) is 58.4 Å². The number of piperidine rings is 1. The van der Waals surface area contributed by atoms with E-state index >= 15 is 0 Å². The molecule has 0 saturated carbocycles. The zero-order valence-corrected chi connectivity index (χ0v) is 14.9. The van der Waals surface area contributed by atoms with E-state index in [0.29, 0.717) is 25.9 Å². The average molecular weight is 338 g/mol. The van der Waals surface area contributed by atoms with Gasteiger partial charge in [0.1, 0.15) is 0 Å². The van der Waals surface area contributed by atoms with Crippen LogP contribution in [0.2, 0.25) is 0 Å². The van der Waals surface area contributed by atoms with Gasteiger partial charge in [-0.3, -0.25) is 14.4 Å². The van der Waals surface area contributed by atoms with E-state index < -0.39 is 5.97 Å². The molecule has 24 heavy (non-hydrogen) atoms. The monoisotopic (exact) mass is 338 g/mol. The first-order valence-corrected chi connectivity index (χ1v) is 9.22. The van der Waals surface area contributed by atoms with Crippen LogP contribution in [0.4, 0.5) is 0 Å². The number of rotatable bonds is 7. The van der Waals surface area contributed by atoms with Crippen molar-refractivity contribution in [3.63, 3.8) is 0 Å². The van der Waals surface area contributed by atoms with E-state index in [1.54, 1.807) is 0 Å². The van der Waals surface area contributed by atoms with Crippen LogP contribution in [0, 0.1) is 11.8 Å². The van der Waals surface area contributed by atoms with E-state index in [1.165, 1.54) is 0 Å². The highest BCUT2D eigenvalue weighted by atomic mass is 16.4. The molecule has 2 rings (SSSR count). The summed E-state index contributed by atoms with van der Waals surface area (Å²) in [6, 6.07) is 0.199. The van der Waals surface area contributed by atoms with Crippen molar-refractivity contribution < 1.29 is 19.5 Å². The number of carboxylic acid groups (broad SMARTS) is 1. The van der Waals surface area contributed by atoms with E-state index in [4.69, 9.17) is 5.11 Å². The summed E-state index contributed by atoms with van der Waals surface area (Å²) < 4.78 is 0. The molecule has 2 amide bonds. The predicted octanol–water partition coefficient (Wildman–Crippen LogP) is 2.13. The normalized spacial score (nSPS) is 25.8. The minimum Gasteiger partial charge on any atom is -0.481 e. The first-order chi connectivity index (χ1) is 11.4. The number of likely N-dealkylation sites (tertiary alicyclic amines) is 2. The van der Waals surface area contributed by atoms with Gasteiger partial charge in [0.15, 0.2) is 0 Å². The molecule has 3 atom stereocenters. The molecule has 3 unspecified atom stereocenters. The quantitative estimate of drug-likeness (QED) is 0.771. The molecule has 0 radical (unpaired) electrons. The van der Waals surface area contributed by atoms with Gasteiger partial charge in [-0.25, -0.2) is 0 Å². The molecule has 1 N–H and O–H groups in total. The van der Waals surface area contributed by atoms with Crippen molar-refractivity contribution in [1.29, 1.82) is 0 Å². The predicted molar refractivity (Wildman–Crippen MR) is 90.4 cm³/mol. The van der Waals surface area contributed by atoms with Gasteiger partial charge in [-0.15, -0.1) is 0 Å². The standard InChI is InChI=1S/C18H30N2O4/c1-3-5-13(2)20-12-15(10-16(20)21)18(24)19-9-4-6-14(11-19)7-8-17(22)23/h13-15H,3-12H2,1-2H3,(H,22,23). The molecule has 2 aliphatic heterocycles. The van der Waals surface area contributed by atoms with Crippen LogP contribution >= 0.6 is 0 Å². The van der Waals surface area contributed by atoms with Gasteiger partial charge in [0.25, 0.3) is 0 Å². The molecule has 2 saturated heterocycles. The highest BCUT2D eigenvalue weighted by Gasteiger charge is 2.39. The lowest BCUT2D eigenvalue weighted by Gasteiger charge is -2.34. The molecule has 0 aromatic rings. The summed E-state index contributed by atoms with van der Waals surface area (Å²) in [4.78, 5) is 39.5. The van der Waals surface area contributed by atoms with Crippen LogP contribution in [0.15, 0.2) is 0 Å². The van der Waals surface area contributed by atoms with Crippen molar-refractivity contribution >= 4 is 17.8 Å². The zero-order valence-electron chi connectivity index (χ0n) is 14.9. The molecule has 6 heteroatoms. The van der Waals surface area contributed by atoms with Crippen LogP contribution in [0.5, 0.6) is 0 Å². The Morgan fingerprint density at radius 3 is 2.75 bits per heavy atom. The number of hydrogen-bond donors (Lipinski definition) is 1. The van der Waals surface area contributed by atoms with Gasteiger partial charge < -0.3 is 14.9 Å². The number of nitrogens with zero attached hydrogens (tertiary/aromatic N) is 2. The number of hydrogen-bond acceptors (Lipinski definition) is 3. The molecule has 0 aliphatic carbocycles. The first-order valence-electron chi connectivity index (χ1n) is 9.22. The number of carbonyl (C=O) groups excluding carboxylic acids is 2. The highest BCUT2D eigenvalue weighted by Crippen LogP contribution is 2.27. The summed E-state index contributed by atoms with van der Waals surface area (Å²) in [5.74, 6) is -0.565. The lowest BCUT2D eigenvalue weighted by molar-refractivity contribution is -0.138. The van der Waals surface area contributed by atoms with Gasteiger partial charge in [0.2, 0.25) is 11.8 Å². The minimum atomic E-state index is -0.777. The molecule has 136 valence electrons. The number of carboxylic acids is 1. The molecule has 2 aliphatic rings. The van der Waals surface area contributed by atoms with E-state index in [2.05, 4.69) is 13.8 Å². The van der Waals surface area contributed by atoms with Crippen molar-refractivity contribution in [2.75, 3.05) is 19.6 Å². The Balaban J connectivity index is 1.89. The summed E-state index contributed by atoms with van der Waals surface area (Å²) in [6.07, 6.45) is 5.02. The SMILES string of the molecule is CCCC(C)N1CC(C(=O)N2CCCC(CCC(=O)O)C2)CC1=O. The minimum absolute atomic E-state index is 0.0783. The summed E-state index contributed by atoms with van der Waals surface area (Å²) in [5, 5.41) is 8.82. The summed E-state index contributed by atoms with van der Waals surface area (Å²) in [5.41, 5.74) is 0. The molecular weight excluding hydrogens is 308 g/mol. The number of aliphatic carboxylic acids is 1. The first kappa shape index (κ1) is 18.7. The molecule has 0 bridgehead atoms. The van der Waals surface area contributed by atoms with Crippen LogP contribution in [-0.2, 0) is 14.4 Å². The van der Waals surface area contributed by atoms with Crippen LogP contribution in [0.3, 0.4) is 0 Å². The van der Waals surface area contributed by atoms with Gasteiger partial charge in [-0.05, 0) is 38.5 Å². The Labute approximate surface area is 144 Å². The Hall–Kier alpha value is -1.59. The van der Waals surface area contributed by atoms with Crippen molar-refractivity contribution in [2.24, 2.45) is 11.8 Å². The van der Waals surface area contributed by atoms with E-state index in [1.807, 2.05) is 9.80 Å². The fourth-order valence-corrected chi connectivity index (χ4v) is 3.98. The molecule has 0 aromatic heterocycles. The third-order valence-electron chi connectivity index (χ3n) is 5.34. The molecule has 2 heterocycles. The molecular formula is C18H30N2O4. The summed E-state index contributed by atoms with van der Waals surface area (Å²) >= 11 is 0. The van der Waals surface area contributed by atoms with Crippen LogP contribution in [0.25, 0.3) is 0 Å². The molecule has 6 nitrogen and oxygen atoms in total. The van der Waals surface area contributed by atoms with E-state index in [-0.39, 0.29) is 36.1 Å².